The number of para-hydroxylation sites is 1. The van der Waals surface area contributed by atoms with Crippen LogP contribution in [0.25, 0.3) is 0 Å². The van der Waals surface area contributed by atoms with Crippen molar-refractivity contribution in [1.82, 2.24) is 36.5 Å². The van der Waals surface area contributed by atoms with E-state index in [1.165, 1.54) is 30.9 Å². The van der Waals surface area contributed by atoms with Gasteiger partial charge in [-0.15, -0.1) is 0 Å². The molecular weight excluding hydrogens is 1270 g/mol. The molecular formula is C70H98ClN11O15. The molecule has 0 spiro atoms. The van der Waals surface area contributed by atoms with E-state index in [2.05, 4.69) is 37.4 Å². The number of nitrogens with two attached hydrogens (primary N) is 1. The summed E-state index contributed by atoms with van der Waals surface area (Å²) >= 11 is 6.80. The van der Waals surface area contributed by atoms with Crippen LogP contribution in [-0.2, 0) is 65.6 Å². The van der Waals surface area contributed by atoms with Crippen LogP contribution in [0.2, 0.25) is 5.02 Å². The third-order valence-corrected chi connectivity index (χ3v) is 18.5. The summed E-state index contributed by atoms with van der Waals surface area (Å²) in [6.07, 6.45) is 5.28. The quantitative estimate of drug-likeness (QED) is 0.0147. The van der Waals surface area contributed by atoms with Gasteiger partial charge in [0.25, 0.3) is 0 Å². The highest BCUT2D eigenvalue weighted by Crippen LogP contribution is 2.42. The van der Waals surface area contributed by atoms with Gasteiger partial charge < -0.3 is 71.1 Å². The normalized spacial score (nSPS) is 21.5. The van der Waals surface area contributed by atoms with Crippen LogP contribution in [0.15, 0.2) is 90.5 Å². The second-order valence-corrected chi connectivity index (χ2v) is 26.4. The molecule has 3 saturated heterocycles. The number of esters is 1. The summed E-state index contributed by atoms with van der Waals surface area (Å²) in [5.41, 5.74) is 10.3. The molecule has 4 heterocycles. The van der Waals surface area contributed by atoms with Gasteiger partial charge in [-0.05, 0) is 131 Å². The average molecular weight is 1370 g/mol. The molecule has 3 aromatic rings. The number of rotatable bonds is 29. The highest BCUT2D eigenvalue weighted by molar-refractivity contribution is 6.35. The van der Waals surface area contributed by atoms with Crippen LogP contribution in [0.3, 0.4) is 0 Å². The molecule has 0 aromatic heterocycles. The SMILES string of the molecule is COc1cc2cc(c1Cl)N(C)C(=O)CC(OC(=O)C(C)N(C)C(=O)CCCCC(=O)NOCc1ccc(NC(=O)C(CCCNC(N)=O)NC(=O)C(NCCCC(=O)N3CCC(CNc4ccccc4)CC3)C(C)C)cc1)C1OC1C(C)C1CC(O)(CC=CC=C(C)C2)NC(=O)O1. The number of carbonyl (C=O) groups is 9. The Bertz CT molecular complexity index is 3260. The van der Waals surface area contributed by atoms with Crippen molar-refractivity contribution >= 4 is 82.2 Å². The molecule has 4 aliphatic rings. The topological polar surface area (TPSA) is 343 Å². The maximum Gasteiger partial charge on any atom is 0.409 e. The molecule has 0 radical (unpaired) electrons. The number of amides is 9. The van der Waals surface area contributed by atoms with Crippen LogP contribution in [0.5, 0.6) is 5.75 Å². The molecule has 4 bridgehead atoms. The monoisotopic (exact) mass is 1370 g/mol. The predicted octanol–water partition coefficient (Wildman–Crippen LogP) is 6.92. The Morgan fingerprint density at radius 2 is 1.63 bits per heavy atom. The summed E-state index contributed by atoms with van der Waals surface area (Å²) in [6, 6.07) is 16.9. The van der Waals surface area contributed by atoms with Crippen LogP contribution in [-0.4, -0.2) is 171 Å². The summed E-state index contributed by atoms with van der Waals surface area (Å²) in [7, 11) is 4.48. The van der Waals surface area contributed by atoms with E-state index in [0.717, 1.165) is 36.2 Å². The number of urea groups is 1. The number of alkyl carbamates (subject to hydrolysis) is 1. The first kappa shape index (κ1) is 76.1. The molecule has 27 heteroatoms. The first-order chi connectivity index (χ1) is 46.3. The van der Waals surface area contributed by atoms with Gasteiger partial charge in [0, 0.05) is 89.7 Å². The minimum absolute atomic E-state index is 0.00624. The Balaban J connectivity index is 0.838. The largest absolute Gasteiger partial charge is 0.495 e. The second kappa shape index (κ2) is 36.9. The lowest BCUT2D eigenvalue weighted by molar-refractivity contribution is -0.159. The summed E-state index contributed by atoms with van der Waals surface area (Å²) in [4.78, 5) is 129. The van der Waals surface area contributed by atoms with Crippen molar-refractivity contribution in [2.45, 2.75) is 179 Å². The number of benzene rings is 3. The smallest absolute Gasteiger partial charge is 0.409 e. The number of fused-ring (bicyclic) bond motifs is 5. The third kappa shape index (κ3) is 23.5. The number of piperidine rings is 1. The molecule has 9 amide bonds. The average Bonchev–Trinajstić information content (AvgIpc) is 1.60. The van der Waals surface area contributed by atoms with E-state index in [1.807, 2.05) is 62.1 Å². The standard InChI is InChI=1S/C70H98ClN11O15/c1-43(2)62(73-32-17-24-59(85)82-34-29-47(30-35-82)41-75-50-19-10-9-11-20-50)66(88)77-52(21-16-33-74-68(72)90)65(87)76-51-27-25-48(26-28-51)42-94-79-57(83)22-12-13-23-58(84)80(6)46(5)67(89)95-55-39-60(86)81(7)53-37-49(38-54(93-8)61(53)71)36-44(3)18-14-15-31-70(92)40-56(96-69(91)78-70)45(4)63-64(55)97-63/h9-11,14-15,18-20,25-28,37-38,43,45-47,52,55-56,62-64,73,75,92H,12-13,16-17,21-24,29-36,39-42H2,1-8H3,(H,76,87)(H,77,88)(H,78,91)(H,79,83)(H3,72,74,90). The van der Waals surface area contributed by atoms with Crippen molar-refractivity contribution in [3.63, 3.8) is 0 Å². The van der Waals surface area contributed by atoms with Gasteiger partial charge >= 0.3 is 18.1 Å². The van der Waals surface area contributed by atoms with Gasteiger partial charge in [0.05, 0.1) is 38.0 Å². The fourth-order valence-corrected chi connectivity index (χ4v) is 12.3. The number of carbonyl (C=O) groups excluding carboxylic acids is 9. The number of nitrogens with one attached hydrogen (secondary N) is 7. The number of unbranched alkanes of at least 4 members (excludes halogenated alkanes) is 1. The fourth-order valence-electron chi connectivity index (χ4n) is 12.0. The lowest BCUT2D eigenvalue weighted by Gasteiger charge is -2.38. The Labute approximate surface area is 573 Å². The van der Waals surface area contributed by atoms with E-state index < -0.39 is 95.9 Å². The molecule has 97 heavy (non-hydrogen) atoms. The molecule has 3 aromatic carbocycles. The van der Waals surface area contributed by atoms with Crippen LogP contribution in [0, 0.1) is 17.8 Å². The van der Waals surface area contributed by atoms with Crippen molar-refractivity contribution < 1.29 is 72.0 Å². The Morgan fingerprint density at radius 1 is 0.907 bits per heavy atom. The van der Waals surface area contributed by atoms with E-state index in [1.54, 1.807) is 62.5 Å². The molecule has 26 nitrogen and oxygen atoms in total. The number of anilines is 3. The van der Waals surface area contributed by atoms with Crippen molar-refractivity contribution in [3.05, 3.63) is 107 Å². The molecule has 3 fully saturated rings. The molecule has 4 aliphatic heterocycles. The maximum absolute atomic E-state index is 14.2. The zero-order valence-electron chi connectivity index (χ0n) is 57.0. The number of likely N-dealkylation sites (N-methyl/N-ethyl adjacent to an activating group) is 1. The molecule has 0 aliphatic carbocycles. The Morgan fingerprint density at radius 3 is 2.33 bits per heavy atom. The number of hydrogen-bond donors (Lipinski definition) is 9. The number of hydrogen-bond acceptors (Lipinski definition) is 17. The lowest BCUT2D eigenvalue weighted by atomic mass is 9.88. The Kier molecular flexibility index (Phi) is 28.9. The van der Waals surface area contributed by atoms with E-state index in [0.29, 0.717) is 86.8 Å². The zero-order valence-corrected chi connectivity index (χ0v) is 57.7. The fraction of sp³-hybridized carbons (Fsp3) is 0.557. The molecule has 9 atom stereocenters. The lowest BCUT2D eigenvalue weighted by Crippen LogP contribution is -2.57. The van der Waals surface area contributed by atoms with E-state index in [-0.39, 0.29) is 74.4 Å². The van der Waals surface area contributed by atoms with Crippen LogP contribution >= 0.6 is 11.6 Å². The van der Waals surface area contributed by atoms with E-state index in [9.17, 15) is 48.3 Å². The van der Waals surface area contributed by atoms with Gasteiger partial charge in [-0.25, -0.2) is 19.9 Å². The van der Waals surface area contributed by atoms with Gasteiger partial charge in [0.2, 0.25) is 35.4 Å². The number of ether oxygens (including phenoxy) is 4. The maximum atomic E-state index is 14.2. The number of methoxy groups -OCH3 is 1. The number of primary amides is 1. The zero-order chi connectivity index (χ0) is 70.3. The van der Waals surface area contributed by atoms with Gasteiger partial charge in [-0.3, -0.25) is 38.9 Å². The summed E-state index contributed by atoms with van der Waals surface area (Å²) < 4.78 is 23.4. The number of likely N-dealkylation sites (tertiary alicyclic amines) is 1. The third-order valence-electron chi connectivity index (χ3n) is 18.1. The number of nitrogens with zero attached hydrogens (tertiary/aromatic N) is 3. The first-order valence-electron chi connectivity index (χ1n) is 33.5. The van der Waals surface area contributed by atoms with E-state index in [4.69, 9.17) is 41.1 Å². The van der Waals surface area contributed by atoms with Crippen molar-refractivity contribution in [1.29, 1.82) is 0 Å². The number of allylic oxidation sites excluding steroid dienone is 3. The molecule has 7 rings (SSSR count). The van der Waals surface area contributed by atoms with Gasteiger partial charge in [-0.2, -0.15) is 0 Å². The number of hydroxylamine groups is 1. The second-order valence-electron chi connectivity index (χ2n) is 26.0. The number of epoxide rings is 1. The molecule has 9 unspecified atom stereocenters. The van der Waals surface area contributed by atoms with Crippen LogP contribution in [0.1, 0.15) is 129 Å². The Hall–Kier alpha value is -8.30. The summed E-state index contributed by atoms with van der Waals surface area (Å²) in [6.45, 7) is 11.9. The summed E-state index contributed by atoms with van der Waals surface area (Å²) in [5, 5.41) is 29.3. The van der Waals surface area contributed by atoms with Crippen LogP contribution < -0.4 is 52.8 Å². The predicted molar refractivity (Wildman–Crippen MR) is 365 cm³/mol. The highest BCUT2D eigenvalue weighted by atomic mass is 35.5. The number of halogens is 1. The molecule has 530 valence electrons. The van der Waals surface area contributed by atoms with Crippen molar-refractivity contribution in [2.24, 2.45) is 23.5 Å². The van der Waals surface area contributed by atoms with Crippen LogP contribution in [0.4, 0.5) is 26.7 Å². The van der Waals surface area contributed by atoms with Gasteiger partial charge in [0.1, 0.15) is 46.9 Å². The van der Waals surface area contributed by atoms with Crippen molar-refractivity contribution in [2.75, 3.05) is 69.5 Å². The molecule has 0 saturated carbocycles. The number of aliphatic hydroxyl groups is 1. The van der Waals surface area contributed by atoms with Crippen molar-refractivity contribution in [3.8, 4) is 5.75 Å². The molecule has 10 N–H and O–H groups in total. The highest BCUT2D eigenvalue weighted by Gasteiger charge is 2.55. The summed E-state index contributed by atoms with van der Waals surface area (Å²) in [5.74, 6) is -2.71. The minimum atomic E-state index is -1.63. The van der Waals surface area contributed by atoms with Gasteiger partial charge in [0.15, 0.2) is 0 Å². The van der Waals surface area contributed by atoms with Gasteiger partial charge in [-0.1, -0.05) is 86.5 Å². The first-order valence-corrected chi connectivity index (χ1v) is 33.9. The van der Waals surface area contributed by atoms with E-state index >= 15 is 0 Å². The minimum Gasteiger partial charge on any atom is -0.495 e.